The Kier molecular flexibility index (Phi) is 3.65. The topological polar surface area (TPSA) is 108 Å². The molecule has 22 heavy (non-hydrogen) atoms. The Morgan fingerprint density at radius 1 is 1.14 bits per heavy atom. The smallest absolute Gasteiger partial charge is 0.248 e. The maximum Gasteiger partial charge on any atom is 0.248 e. The van der Waals surface area contributed by atoms with Gasteiger partial charge in [0.05, 0.1) is 0 Å². The van der Waals surface area contributed by atoms with Gasteiger partial charge in [0.2, 0.25) is 16.0 Å². The quantitative estimate of drug-likeness (QED) is 0.860. The van der Waals surface area contributed by atoms with E-state index >= 15 is 0 Å². The molecular formula is C12H18N6O3S. The number of anilines is 1. The molecule has 1 fully saturated rings. The average molecular weight is 326 g/mol. The van der Waals surface area contributed by atoms with E-state index in [0.29, 0.717) is 43.6 Å². The second kappa shape index (κ2) is 5.36. The van der Waals surface area contributed by atoms with E-state index in [4.69, 9.17) is 4.52 Å². The van der Waals surface area contributed by atoms with Crippen LogP contribution < -0.4 is 4.90 Å². The molecule has 0 amide bonds. The summed E-state index contributed by atoms with van der Waals surface area (Å²) in [7, 11) is -3.58. The number of H-pyrrole nitrogens is 1. The number of aromatic amines is 1. The zero-order valence-electron chi connectivity index (χ0n) is 12.7. The van der Waals surface area contributed by atoms with E-state index in [1.54, 1.807) is 13.8 Å². The summed E-state index contributed by atoms with van der Waals surface area (Å²) in [5.74, 6) is 1.66. The van der Waals surface area contributed by atoms with Gasteiger partial charge in [-0.2, -0.15) is 9.29 Å². The molecule has 0 aromatic carbocycles. The number of aryl methyl sites for hydroxylation is 3. The lowest BCUT2D eigenvalue weighted by atomic mass is 10.4. The highest BCUT2D eigenvalue weighted by molar-refractivity contribution is 7.89. The van der Waals surface area contributed by atoms with Crippen molar-refractivity contribution >= 4 is 16.0 Å². The van der Waals surface area contributed by atoms with E-state index in [1.807, 2.05) is 11.8 Å². The van der Waals surface area contributed by atoms with E-state index in [-0.39, 0.29) is 4.90 Å². The van der Waals surface area contributed by atoms with Crippen molar-refractivity contribution in [2.75, 3.05) is 31.1 Å². The molecule has 120 valence electrons. The maximum atomic E-state index is 12.7. The Labute approximate surface area is 128 Å². The molecular weight excluding hydrogens is 308 g/mol. The van der Waals surface area contributed by atoms with Gasteiger partial charge in [0.25, 0.3) is 0 Å². The third-order valence-electron chi connectivity index (χ3n) is 3.67. The minimum Gasteiger partial charge on any atom is -0.360 e. The van der Waals surface area contributed by atoms with Crippen LogP contribution in [0.25, 0.3) is 0 Å². The summed E-state index contributed by atoms with van der Waals surface area (Å²) in [5.41, 5.74) is 0.393. The van der Waals surface area contributed by atoms with Gasteiger partial charge < -0.3 is 9.42 Å². The first kappa shape index (κ1) is 15.0. The SMILES string of the molecule is Cc1nc(N2CCN(S(=O)(=O)c3c(C)noc3C)CC2)n[nH]1. The number of hydrogen-bond acceptors (Lipinski definition) is 7. The average Bonchev–Trinajstić information content (AvgIpc) is 3.05. The highest BCUT2D eigenvalue weighted by Gasteiger charge is 2.33. The van der Waals surface area contributed by atoms with Gasteiger partial charge in [-0.25, -0.2) is 8.42 Å². The van der Waals surface area contributed by atoms with Crippen molar-refractivity contribution in [2.45, 2.75) is 25.7 Å². The molecule has 10 heteroatoms. The van der Waals surface area contributed by atoms with Gasteiger partial charge in [0, 0.05) is 26.2 Å². The minimum atomic E-state index is -3.58. The first-order chi connectivity index (χ1) is 10.4. The lowest BCUT2D eigenvalue weighted by molar-refractivity contribution is 0.377. The number of nitrogens with zero attached hydrogens (tertiary/aromatic N) is 5. The molecule has 9 nitrogen and oxygen atoms in total. The fraction of sp³-hybridized carbons (Fsp3) is 0.583. The van der Waals surface area contributed by atoms with Crippen LogP contribution in [0, 0.1) is 20.8 Å². The molecule has 0 spiro atoms. The van der Waals surface area contributed by atoms with Gasteiger partial charge in [0.1, 0.15) is 16.4 Å². The number of rotatable bonds is 3. The van der Waals surface area contributed by atoms with Crippen LogP contribution in [0.3, 0.4) is 0 Å². The Balaban J connectivity index is 1.76. The highest BCUT2D eigenvalue weighted by Crippen LogP contribution is 2.24. The minimum absolute atomic E-state index is 0.176. The largest absolute Gasteiger partial charge is 0.360 e. The van der Waals surface area contributed by atoms with Crippen LogP contribution in [0.1, 0.15) is 17.3 Å². The van der Waals surface area contributed by atoms with Crippen LogP contribution in [0.5, 0.6) is 0 Å². The standard InChI is InChI=1S/C12H18N6O3S/c1-8-11(9(2)21-16-8)22(19,20)18-6-4-17(5-7-18)12-13-10(3)14-15-12/h4-7H2,1-3H3,(H,13,14,15). The Morgan fingerprint density at radius 2 is 1.82 bits per heavy atom. The van der Waals surface area contributed by atoms with Gasteiger partial charge in [0.15, 0.2) is 5.76 Å². The van der Waals surface area contributed by atoms with Crippen LogP contribution in [0.4, 0.5) is 5.95 Å². The molecule has 3 heterocycles. The van der Waals surface area contributed by atoms with Gasteiger partial charge in [-0.05, 0) is 20.8 Å². The maximum absolute atomic E-state index is 12.7. The molecule has 0 radical (unpaired) electrons. The molecule has 1 aliphatic heterocycles. The van der Waals surface area contributed by atoms with E-state index in [2.05, 4.69) is 20.3 Å². The number of hydrogen-bond donors (Lipinski definition) is 1. The van der Waals surface area contributed by atoms with Gasteiger partial charge >= 0.3 is 0 Å². The summed E-state index contributed by atoms with van der Waals surface area (Å²) < 4.78 is 31.8. The van der Waals surface area contributed by atoms with E-state index in [1.165, 1.54) is 4.31 Å². The summed E-state index contributed by atoms with van der Waals surface area (Å²) in [5, 5.41) is 10.6. The van der Waals surface area contributed by atoms with Gasteiger partial charge in [-0.1, -0.05) is 5.16 Å². The zero-order chi connectivity index (χ0) is 15.9. The molecule has 1 N–H and O–H groups in total. The van der Waals surface area contributed by atoms with E-state index in [9.17, 15) is 8.42 Å². The van der Waals surface area contributed by atoms with Crippen LogP contribution in [0.15, 0.2) is 9.42 Å². The summed E-state index contributed by atoms with van der Waals surface area (Å²) in [6.45, 7) is 6.91. The summed E-state index contributed by atoms with van der Waals surface area (Å²) >= 11 is 0. The van der Waals surface area contributed by atoms with Crippen molar-refractivity contribution in [2.24, 2.45) is 0 Å². The van der Waals surface area contributed by atoms with Crippen LogP contribution in [-0.2, 0) is 10.0 Å². The van der Waals surface area contributed by atoms with Gasteiger partial charge in [-0.15, -0.1) is 5.10 Å². The number of piperazine rings is 1. The molecule has 1 aliphatic rings. The zero-order valence-corrected chi connectivity index (χ0v) is 13.5. The number of nitrogens with one attached hydrogen (secondary N) is 1. The second-order valence-corrected chi connectivity index (χ2v) is 7.14. The van der Waals surface area contributed by atoms with Crippen molar-refractivity contribution in [3.8, 4) is 0 Å². The van der Waals surface area contributed by atoms with Crippen molar-refractivity contribution in [3.63, 3.8) is 0 Å². The molecule has 2 aromatic rings. The Morgan fingerprint density at radius 3 is 2.32 bits per heavy atom. The fourth-order valence-corrected chi connectivity index (χ4v) is 4.29. The third kappa shape index (κ3) is 2.48. The molecule has 0 unspecified atom stereocenters. The number of sulfonamides is 1. The predicted molar refractivity (Wildman–Crippen MR) is 78.1 cm³/mol. The van der Waals surface area contributed by atoms with Crippen molar-refractivity contribution in [3.05, 3.63) is 17.3 Å². The molecule has 0 atom stereocenters. The predicted octanol–water partition coefficient (Wildman–Crippen LogP) is 0.229. The molecule has 0 aliphatic carbocycles. The monoisotopic (exact) mass is 326 g/mol. The van der Waals surface area contributed by atoms with Crippen molar-refractivity contribution in [1.29, 1.82) is 0 Å². The van der Waals surface area contributed by atoms with Crippen LogP contribution >= 0.6 is 0 Å². The molecule has 0 saturated carbocycles. The lowest BCUT2D eigenvalue weighted by Gasteiger charge is -2.33. The molecule has 3 rings (SSSR count). The summed E-state index contributed by atoms with van der Waals surface area (Å²) in [6, 6.07) is 0. The summed E-state index contributed by atoms with van der Waals surface area (Å²) in [4.78, 5) is 6.40. The number of aromatic nitrogens is 4. The van der Waals surface area contributed by atoms with Gasteiger partial charge in [-0.3, -0.25) is 5.10 Å². The second-order valence-electron chi connectivity index (χ2n) is 5.27. The van der Waals surface area contributed by atoms with Crippen LogP contribution in [0.2, 0.25) is 0 Å². The summed E-state index contributed by atoms with van der Waals surface area (Å²) in [6.07, 6.45) is 0. The van der Waals surface area contributed by atoms with Crippen molar-refractivity contribution in [1.82, 2.24) is 24.6 Å². The van der Waals surface area contributed by atoms with Crippen molar-refractivity contribution < 1.29 is 12.9 Å². The normalized spacial score (nSPS) is 17.1. The van der Waals surface area contributed by atoms with Crippen LogP contribution in [-0.4, -0.2) is 59.2 Å². The lowest BCUT2D eigenvalue weighted by Crippen LogP contribution is -2.49. The van der Waals surface area contributed by atoms with E-state index < -0.39 is 10.0 Å². The highest BCUT2D eigenvalue weighted by atomic mass is 32.2. The fourth-order valence-electron chi connectivity index (χ4n) is 2.57. The Bertz CT molecular complexity index is 753. The molecule has 2 aromatic heterocycles. The Hall–Kier alpha value is -1.94. The van der Waals surface area contributed by atoms with E-state index in [0.717, 1.165) is 5.82 Å². The molecule has 1 saturated heterocycles. The molecule has 0 bridgehead atoms. The first-order valence-corrected chi connectivity index (χ1v) is 8.40. The first-order valence-electron chi connectivity index (χ1n) is 6.96. The third-order valence-corrected chi connectivity index (χ3v) is 5.82.